The van der Waals surface area contributed by atoms with E-state index in [1.807, 2.05) is 0 Å². The van der Waals surface area contributed by atoms with Gasteiger partial charge in [-0.15, -0.1) is 0 Å². The molecule has 0 atom stereocenters. The average Bonchev–Trinajstić information content (AvgIpc) is 1.13. The lowest BCUT2D eigenvalue weighted by Crippen LogP contribution is -2.14. The van der Waals surface area contributed by atoms with Gasteiger partial charge in [0.1, 0.15) is 22.3 Å². The molecule has 0 saturated heterocycles. The number of benzene rings is 19. The first-order chi connectivity index (χ1) is 61.0. The summed E-state index contributed by atoms with van der Waals surface area (Å²) in [5.74, 6) is 0. The van der Waals surface area contributed by atoms with E-state index in [4.69, 9.17) is 8.83 Å². The van der Waals surface area contributed by atoms with Gasteiger partial charge in [0.2, 0.25) is 0 Å². The molecule has 0 aliphatic heterocycles. The van der Waals surface area contributed by atoms with Crippen molar-refractivity contribution in [1.29, 1.82) is 0 Å². The van der Waals surface area contributed by atoms with E-state index in [9.17, 15) is 0 Å². The summed E-state index contributed by atoms with van der Waals surface area (Å²) in [4.78, 5) is 0. The number of nitrogens with zero attached hydrogens (tertiary/aromatic N) is 1. The molecule has 26 rings (SSSR count). The van der Waals surface area contributed by atoms with Gasteiger partial charge in [0.25, 0.3) is 0 Å². The molecular formula is C122H85NO2. The monoisotopic (exact) mass is 1600 g/mol. The Bertz CT molecular complexity index is 8060. The summed E-state index contributed by atoms with van der Waals surface area (Å²) in [6, 6.07) is 140. The van der Waals surface area contributed by atoms with Crippen LogP contribution in [0.5, 0.6) is 0 Å². The fourth-order valence-electron chi connectivity index (χ4n) is 23.2. The second-order valence-corrected chi connectivity index (χ2v) is 37.7. The second kappa shape index (κ2) is 25.8. The fraction of sp³-hybridized carbons (Fsp3) is 0.0984. The Labute approximate surface area is 726 Å². The van der Waals surface area contributed by atoms with Crippen LogP contribution < -0.4 is 0 Å². The molecule has 3 nitrogen and oxygen atoms in total. The molecule has 125 heavy (non-hydrogen) atoms. The number of hydrogen-bond donors (Lipinski definition) is 0. The van der Waals surface area contributed by atoms with Crippen molar-refractivity contribution in [2.24, 2.45) is 0 Å². The molecule has 0 bridgehead atoms. The summed E-state index contributed by atoms with van der Waals surface area (Å²) in [7, 11) is 0. The van der Waals surface area contributed by atoms with E-state index in [0.29, 0.717) is 0 Å². The van der Waals surface area contributed by atoms with Crippen molar-refractivity contribution in [3.63, 3.8) is 0 Å². The number of aromatic nitrogens is 1. The lowest BCUT2D eigenvalue weighted by Gasteiger charge is -2.22. The maximum Gasteiger partial charge on any atom is 0.143 e. The number of fused-ring (bicyclic) bond motifs is 23. The van der Waals surface area contributed by atoms with E-state index in [2.05, 4.69) is 430 Å². The van der Waals surface area contributed by atoms with Crippen molar-refractivity contribution in [3.05, 3.63) is 415 Å². The second-order valence-electron chi connectivity index (χ2n) is 37.7. The van der Waals surface area contributed by atoms with Crippen LogP contribution in [-0.2, 0) is 21.7 Å². The molecule has 0 fully saturated rings. The Balaban J connectivity index is 0.693. The van der Waals surface area contributed by atoms with Gasteiger partial charge in [-0.1, -0.05) is 316 Å². The predicted molar refractivity (Wildman–Crippen MR) is 524 cm³/mol. The number of furan rings is 2. The Hall–Kier alpha value is -14.9. The van der Waals surface area contributed by atoms with Crippen LogP contribution in [0.15, 0.2) is 379 Å². The zero-order valence-corrected chi connectivity index (χ0v) is 71.0. The molecule has 0 amide bonds. The zero-order valence-electron chi connectivity index (χ0n) is 71.0. The Morgan fingerprint density at radius 3 is 0.816 bits per heavy atom. The van der Waals surface area contributed by atoms with E-state index in [1.54, 1.807) is 0 Å². The third-order valence-corrected chi connectivity index (χ3v) is 29.6. The zero-order chi connectivity index (χ0) is 83.4. The molecule has 0 N–H and O–H groups in total. The minimum Gasteiger partial charge on any atom is -0.455 e. The molecule has 3 heteroatoms. The van der Waals surface area contributed by atoms with Crippen molar-refractivity contribution in [2.45, 2.75) is 77.0 Å². The standard InChI is InChI=1S/C122H85NO2/c1-119(2)103-34-20-16-26-83(103)87-50-40-74(66-107(87)119)72-46-56-113-99(58-72)101-64-80(76-42-52-89-85-28-18-22-36-105(85)121(5,6)109(89)68-76)62-95(117(101)124-113)78-44-54-111-97(60-78)98-61-79(45-55-112(98)123(111)82-48-38-71(39-49-82)116-93-32-14-12-30-91(93)115(70-24-10-9-11-25-70)92-31-13-15-33-94(92)116)96-63-81(77-43-53-90-86-29-19-23-37-106(86)122(7,8)110(90)69-77)65-102-100-59-73(47-57-114(100)125-118(96)102)75-41-51-88-84-27-17-21-35-104(84)120(3,4)108(88)67-75/h9-69H,1-8H3. The molecule has 590 valence electrons. The summed E-state index contributed by atoms with van der Waals surface area (Å²) in [6.45, 7) is 19.0. The van der Waals surface area contributed by atoms with Crippen LogP contribution in [0.4, 0.5) is 0 Å². The van der Waals surface area contributed by atoms with Gasteiger partial charge in [-0.05, 0) is 298 Å². The van der Waals surface area contributed by atoms with Crippen LogP contribution in [0.2, 0.25) is 0 Å². The average molecular weight is 1600 g/mol. The van der Waals surface area contributed by atoms with Gasteiger partial charge in [0, 0.05) is 70.8 Å². The van der Waals surface area contributed by atoms with Crippen molar-refractivity contribution in [2.75, 3.05) is 0 Å². The molecular weight excluding hydrogens is 1510 g/mol. The van der Waals surface area contributed by atoms with Crippen LogP contribution in [0, 0.1) is 0 Å². The minimum absolute atomic E-state index is 0.144. The Morgan fingerprint density at radius 1 is 0.176 bits per heavy atom. The molecule has 4 aliphatic carbocycles. The summed E-state index contributed by atoms with van der Waals surface area (Å²) in [6.07, 6.45) is 0. The van der Waals surface area contributed by atoms with E-state index >= 15 is 0 Å². The highest BCUT2D eigenvalue weighted by atomic mass is 16.3. The van der Waals surface area contributed by atoms with Crippen LogP contribution in [0.25, 0.3) is 226 Å². The van der Waals surface area contributed by atoms with Crippen molar-refractivity contribution in [1.82, 2.24) is 4.57 Å². The Morgan fingerprint density at radius 2 is 0.448 bits per heavy atom. The third kappa shape index (κ3) is 10.3. The molecule has 22 aromatic rings. The van der Waals surface area contributed by atoms with Crippen LogP contribution in [0.1, 0.15) is 99.9 Å². The summed E-state index contributed by atoms with van der Waals surface area (Å²) < 4.78 is 17.3. The maximum absolute atomic E-state index is 7.42. The van der Waals surface area contributed by atoms with Gasteiger partial charge >= 0.3 is 0 Å². The Kier molecular flexibility index (Phi) is 14.8. The minimum atomic E-state index is -0.199. The van der Waals surface area contributed by atoms with Crippen molar-refractivity contribution in [3.8, 4) is 139 Å². The molecule has 19 aromatic carbocycles. The molecule has 3 heterocycles. The highest BCUT2D eigenvalue weighted by Crippen LogP contribution is 2.57. The van der Waals surface area contributed by atoms with Crippen LogP contribution in [0.3, 0.4) is 0 Å². The lowest BCUT2D eigenvalue weighted by molar-refractivity contribution is 0.660. The number of rotatable bonds is 9. The third-order valence-electron chi connectivity index (χ3n) is 29.6. The van der Waals surface area contributed by atoms with E-state index in [-0.39, 0.29) is 21.7 Å². The molecule has 0 radical (unpaired) electrons. The molecule has 0 saturated carbocycles. The van der Waals surface area contributed by atoms with E-state index < -0.39 is 0 Å². The normalized spacial score (nSPS) is 14.5. The largest absolute Gasteiger partial charge is 0.455 e. The van der Waals surface area contributed by atoms with Gasteiger partial charge in [-0.25, -0.2) is 0 Å². The first-order valence-electron chi connectivity index (χ1n) is 44.1. The smallest absolute Gasteiger partial charge is 0.143 e. The van der Waals surface area contributed by atoms with Crippen molar-refractivity contribution < 1.29 is 8.83 Å². The molecule has 3 aromatic heterocycles. The highest BCUT2D eigenvalue weighted by Gasteiger charge is 2.40. The topological polar surface area (TPSA) is 31.2 Å². The lowest BCUT2D eigenvalue weighted by atomic mass is 9.81. The molecule has 0 unspecified atom stereocenters. The van der Waals surface area contributed by atoms with Gasteiger partial charge in [-0.3, -0.25) is 0 Å². The van der Waals surface area contributed by atoms with Gasteiger partial charge < -0.3 is 13.4 Å². The first kappa shape index (κ1) is 71.8. The van der Waals surface area contributed by atoms with Gasteiger partial charge in [-0.2, -0.15) is 0 Å². The SMILES string of the molecule is CC1(C)c2ccccc2-c2ccc(-c3ccc4oc5c(-c6ccc7c(c6)c6cc(-c8cc(-c9ccc%10c(c9)C(C)(C)c9ccccc9-%10)cc9c8oc8ccc(-c%10ccc%11c(c%10)C(C)(C)c%10ccccc%10-%11)cc89)ccc6n7-c6ccc(-c7c8ccccc8c(-c8ccccc8)c8ccccc78)cc6)cc(-c6ccc7c(c6)C(C)(C)c6ccccc6-7)cc5c4c3)cc21. The highest BCUT2D eigenvalue weighted by molar-refractivity contribution is 6.22. The first-order valence-corrected chi connectivity index (χ1v) is 44.1. The molecule has 4 aliphatic rings. The molecule has 0 spiro atoms. The van der Waals surface area contributed by atoms with Crippen LogP contribution in [-0.4, -0.2) is 4.57 Å². The summed E-state index contributed by atoms with van der Waals surface area (Å²) >= 11 is 0. The maximum atomic E-state index is 7.42. The predicted octanol–water partition coefficient (Wildman–Crippen LogP) is 33.5. The fourth-order valence-corrected chi connectivity index (χ4v) is 23.2. The summed E-state index contributed by atoms with van der Waals surface area (Å²) in [5.41, 5.74) is 45.6. The van der Waals surface area contributed by atoms with Gasteiger partial charge in [0.15, 0.2) is 0 Å². The van der Waals surface area contributed by atoms with Gasteiger partial charge in [0.05, 0.1) is 11.0 Å². The summed E-state index contributed by atoms with van der Waals surface area (Å²) in [5, 5.41) is 11.5. The van der Waals surface area contributed by atoms with E-state index in [1.165, 1.54) is 150 Å². The van der Waals surface area contributed by atoms with Crippen molar-refractivity contribution >= 4 is 87.2 Å². The van der Waals surface area contributed by atoms with E-state index in [0.717, 1.165) is 121 Å². The van der Waals surface area contributed by atoms with Crippen LogP contribution >= 0.6 is 0 Å². The quantitative estimate of drug-likeness (QED) is 0.135. The number of hydrogen-bond acceptors (Lipinski definition) is 2.